The SMILES string of the molecule is O=C(/C=C(/Nc1ccc(Cl)cc1I)c1ccccc1)c1ccccc1. The Hall–Kier alpha value is -2.11. The predicted octanol–water partition coefficient (Wildman–Crippen LogP) is 6.28. The lowest BCUT2D eigenvalue weighted by Gasteiger charge is -2.13. The van der Waals surface area contributed by atoms with Gasteiger partial charge in [-0.3, -0.25) is 4.79 Å². The van der Waals surface area contributed by atoms with E-state index in [-0.39, 0.29) is 5.78 Å². The molecule has 0 radical (unpaired) electrons. The van der Waals surface area contributed by atoms with Crippen LogP contribution >= 0.6 is 34.2 Å². The van der Waals surface area contributed by atoms with E-state index in [2.05, 4.69) is 27.9 Å². The second-order valence-corrected chi connectivity index (χ2v) is 7.00. The Morgan fingerprint density at radius 2 is 1.48 bits per heavy atom. The first-order valence-electron chi connectivity index (χ1n) is 7.72. The number of carbonyl (C=O) groups is 1. The van der Waals surface area contributed by atoms with Crippen molar-refractivity contribution < 1.29 is 4.79 Å². The van der Waals surface area contributed by atoms with Gasteiger partial charge in [0.25, 0.3) is 0 Å². The van der Waals surface area contributed by atoms with Gasteiger partial charge in [-0.15, -0.1) is 0 Å². The molecule has 0 spiro atoms. The third kappa shape index (κ3) is 4.71. The molecule has 0 unspecified atom stereocenters. The summed E-state index contributed by atoms with van der Waals surface area (Å²) >= 11 is 8.26. The van der Waals surface area contributed by atoms with Gasteiger partial charge >= 0.3 is 0 Å². The third-order valence-electron chi connectivity index (χ3n) is 3.62. The van der Waals surface area contributed by atoms with Gasteiger partial charge in [0.2, 0.25) is 0 Å². The van der Waals surface area contributed by atoms with E-state index in [1.807, 2.05) is 78.9 Å². The summed E-state index contributed by atoms with van der Waals surface area (Å²) in [6.45, 7) is 0. The van der Waals surface area contributed by atoms with Crippen molar-refractivity contribution in [2.75, 3.05) is 5.32 Å². The standard InChI is InChI=1S/C21H15ClINO/c22-17-11-12-19(18(23)13-17)24-20(15-7-3-1-4-8-15)14-21(25)16-9-5-2-6-10-16/h1-14,24H/b20-14+. The van der Waals surface area contributed by atoms with Crippen molar-refractivity contribution in [1.29, 1.82) is 0 Å². The molecule has 0 saturated carbocycles. The zero-order valence-electron chi connectivity index (χ0n) is 13.2. The number of allylic oxidation sites excluding steroid dienone is 1. The van der Waals surface area contributed by atoms with Crippen LogP contribution in [0.25, 0.3) is 5.70 Å². The Kier molecular flexibility index (Phi) is 5.89. The molecule has 0 amide bonds. The molecule has 0 atom stereocenters. The Morgan fingerprint density at radius 1 is 0.880 bits per heavy atom. The summed E-state index contributed by atoms with van der Waals surface area (Å²) in [6, 6.07) is 24.7. The molecule has 0 aliphatic rings. The lowest BCUT2D eigenvalue weighted by atomic mass is 10.1. The van der Waals surface area contributed by atoms with Crippen LogP contribution in [0, 0.1) is 3.57 Å². The van der Waals surface area contributed by atoms with Gasteiger partial charge in [-0.25, -0.2) is 0 Å². The van der Waals surface area contributed by atoms with Gasteiger partial charge in [0.15, 0.2) is 5.78 Å². The molecule has 124 valence electrons. The number of rotatable bonds is 5. The van der Waals surface area contributed by atoms with Gasteiger partial charge in [-0.05, 0) is 46.4 Å². The molecule has 0 aliphatic heterocycles. The molecule has 2 nitrogen and oxygen atoms in total. The number of hydrogen-bond acceptors (Lipinski definition) is 2. The minimum absolute atomic E-state index is 0.0454. The maximum atomic E-state index is 12.6. The molecule has 0 heterocycles. The maximum absolute atomic E-state index is 12.6. The molecule has 4 heteroatoms. The molecule has 0 aromatic heterocycles. The van der Waals surface area contributed by atoms with Crippen LogP contribution in [-0.2, 0) is 0 Å². The molecular formula is C21H15ClINO. The number of carbonyl (C=O) groups excluding carboxylic acids is 1. The smallest absolute Gasteiger partial charge is 0.187 e. The summed E-state index contributed by atoms with van der Waals surface area (Å²) in [4.78, 5) is 12.6. The fourth-order valence-corrected chi connectivity index (χ4v) is 3.37. The summed E-state index contributed by atoms with van der Waals surface area (Å²) in [5, 5.41) is 4.05. The number of ketones is 1. The van der Waals surface area contributed by atoms with E-state index >= 15 is 0 Å². The molecule has 3 rings (SSSR count). The highest BCUT2D eigenvalue weighted by Crippen LogP contribution is 2.26. The highest BCUT2D eigenvalue weighted by Gasteiger charge is 2.09. The van der Waals surface area contributed by atoms with E-state index in [0.29, 0.717) is 10.6 Å². The first-order chi connectivity index (χ1) is 12.1. The first kappa shape index (κ1) is 17.7. The normalized spacial score (nSPS) is 11.2. The van der Waals surface area contributed by atoms with Crippen LogP contribution in [0.3, 0.4) is 0 Å². The Bertz CT molecular complexity index is 908. The zero-order chi connectivity index (χ0) is 17.6. The van der Waals surface area contributed by atoms with Crippen molar-refractivity contribution in [3.05, 3.63) is 105 Å². The second kappa shape index (κ2) is 8.32. The number of hydrogen-bond donors (Lipinski definition) is 1. The number of anilines is 1. The van der Waals surface area contributed by atoms with Crippen molar-refractivity contribution in [2.24, 2.45) is 0 Å². The van der Waals surface area contributed by atoms with Crippen LogP contribution < -0.4 is 5.32 Å². The quantitative estimate of drug-likeness (QED) is 0.276. The van der Waals surface area contributed by atoms with Crippen LogP contribution in [-0.4, -0.2) is 5.78 Å². The summed E-state index contributed by atoms with van der Waals surface area (Å²) in [5.41, 5.74) is 3.25. The van der Waals surface area contributed by atoms with Crippen molar-refractivity contribution in [2.45, 2.75) is 0 Å². The monoisotopic (exact) mass is 459 g/mol. The van der Waals surface area contributed by atoms with Gasteiger partial charge in [0.1, 0.15) is 0 Å². The molecule has 25 heavy (non-hydrogen) atoms. The summed E-state index contributed by atoms with van der Waals surface area (Å²) in [5.74, 6) is -0.0454. The van der Waals surface area contributed by atoms with Crippen LogP contribution in [0.5, 0.6) is 0 Å². The number of benzene rings is 3. The third-order valence-corrected chi connectivity index (χ3v) is 4.75. The Balaban J connectivity index is 1.98. The highest BCUT2D eigenvalue weighted by atomic mass is 127. The van der Waals surface area contributed by atoms with Crippen LogP contribution in [0.1, 0.15) is 15.9 Å². The zero-order valence-corrected chi connectivity index (χ0v) is 16.2. The molecule has 0 fully saturated rings. The molecular weight excluding hydrogens is 445 g/mol. The van der Waals surface area contributed by atoms with Crippen molar-refractivity contribution in [3.63, 3.8) is 0 Å². The van der Waals surface area contributed by atoms with Crippen molar-refractivity contribution in [3.8, 4) is 0 Å². The minimum atomic E-state index is -0.0454. The summed E-state index contributed by atoms with van der Waals surface area (Å²) in [7, 11) is 0. The van der Waals surface area contributed by atoms with E-state index < -0.39 is 0 Å². The molecule has 0 bridgehead atoms. The first-order valence-corrected chi connectivity index (χ1v) is 9.18. The van der Waals surface area contributed by atoms with E-state index in [0.717, 1.165) is 20.5 Å². The van der Waals surface area contributed by atoms with Gasteiger partial charge in [-0.2, -0.15) is 0 Å². The molecule has 0 saturated heterocycles. The largest absolute Gasteiger partial charge is 0.354 e. The van der Waals surface area contributed by atoms with Gasteiger partial charge in [0, 0.05) is 25.9 Å². The van der Waals surface area contributed by atoms with E-state index in [1.165, 1.54) is 0 Å². The lowest BCUT2D eigenvalue weighted by molar-refractivity contribution is 0.104. The Morgan fingerprint density at radius 3 is 2.08 bits per heavy atom. The van der Waals surface area contributed by atoms with Crippen LogP contribution in [0.15, 0.2) is 84.9 Å². The molecule has 0 aliphatic carbocycles. The fourth-order valence-electron chi connectivity index (χ4n) is 2.36. The van der Waals surface area contributed by atoms with Crippen molar-refractivity contribution >= 4 is 51.4 Å². The number of nitrogens with one attached hydrogen (secondary N) is 1. The molecule has 3 aromatic rings. The fraction of sp³-hybridized carbons (Fsp3) is 0. The minimum Gasteiger partial charge on any atom is -0.354 e. The van der Waals surface area contributed by atoms with E-state index in [4.69, 9.17) is 11.6 Å². The maximum Gasteiger partial charge on any atom is 0.187 e. The van der Waals surface area contributed by atoms with Gasteiger partial charge in [0.05, 0.1) is 5.69 Å². The average molecular weight is 460 g/mol. The van der Waals surface area contributed by atoms with Crippen LogP contribution in [0.4, 0.5) is 5.69 Å². The summed E-state index contributed by atoms with van der Waals surface area (Å²) < 4.78 is 0.985. The number of halogens is 2. The molecule has 1 N–H and O–H groups in total. The Labute approximate surface area is 165 Å². The van der Waals surface area contributed by atoms with Crippen LogP contribution in [0.2, 0.25) is 5.02 Å². The second-order valence-electron chi connectivity index (χ2n) is 5.40. The van der Waals surface area contributed by atoms with E-state index in [9.17, 15) is 4.79 Å². The predicted molar refractivity (Wildman–Crippen MR) is 113 cm³/mol. The average Bonchev–Trinajstić information content (AvgIpc) is 2.64. The van der Waals surface area contributed by atoms with Gasteiger partial charge < -0.3 is 5.32 Å². The van der Waals surface area contributed by atoms with Gasteiger partial charge in [-0.1, -0.05) is 72.3 Å². The highest BCUT2D eigenvalue weighted by molar-refractivity contribution is 14.1. The summed E-state index contributed by atoms with van der Waals surface area (Å²) in [6.07, 6.45) is 1.63. The van der Waals surface area contributed by atoms with E-state index in [1.54, 1.807) is 6.08 Å². The van der Waals surface area contributed by atoms with Crippen molar-refractivity contribution in [1.82, 2.24) is 0 Å². The molecule has 3 aromatic carbocycles. The topological polar surface area (TPSA) is 29.1 Å². The lowest BCUT2D eigenvalue weighted by Crippen LogP contribution is -2.04.